The first-order valence-electron chi connectivity index (χ1n) is 10.2. The van der Waals surface area contributed by atoms with Crippen LogP contribution >= 0.6 is 0 Å². The van der Waals surface area contributed by atoms with E-state index in [1.807, 2.05) is 26.0 Å². The van der Waals surface area contributed by atoms with Crippen molar-refractivity contribution in [2.24, 2.45) is 4.99 Å². The number of nitrogens with zero attached hydrogens (tertiary/aromatic N) is 3. The molecule has 0 atom stereocenters. The lowest BCUT2D eigenvalue weighted by molar-refractivity contribution is 0.410. The summed E-state index contributed by atoms with van der Waals surface area (Å²) in [4.78, 5) is 11.6. The van der Waals surface area contributed by atoms with Crippen LogP contribution in [-0.4, -0.2) is 48.8 Å². The number of aromatic hydroxyl groups is 1. The predicted octanol–water partition coefficient (Wildman–Crippen LogP) is 2.83. The second-order valence-corrected chi connectivity index (χ2v) is 7.23. The number of hydrogen-bond donors (Lipinski definition) is 3. The largest absolute Gasteiger partial charge is 0.508 e. The average molecular weight is 398 g/mol. The van der Waals surface area contributed by atoms with Crippen LogP contribution in [0.1, 0.15) is 31.0 Å². The molecule has 0 aliphatic carbocycles. The molecule has 0 amide bonds. The van der Waals surface area contributed by atoms with Crippen LogP contribution in [0.25, 0.3) is 0 Å². The van der Waals surface area contributed by atoms with Gasteiger partial charge in [-0.15, -0.1) is 0 Å². The van der Waals surface area contributed by atoms with Gasteiger partial charge in [0.2, 0.25) is 0 Å². The van der Waals surface area contributed by atoms with Gasteiger partial charge >= 0.3 is 0 Å². The molecule has 3 N–H and O–H groups in total. The molecule has 29 heavy (non-hydrogen) atoms. The molecule has 1 aromatic heterocycles. The van der Waals surface area contributed by atoms with Crippen molar-refractivity contribution in [2.45, 2.75) is 39.3 Å². The van der Waals surface area contributed by atoms with Gasteiger partial charge in [-0.3, -0.25) is 0 Å². The summed E-state index contributed by atoms with van der Waals surface area (Å²) in [6, 6.07) is 11.7. The van der Waals surface area contributed by atoms with E-state index in [2.05, 4.69) is 37.6 Å². The van der Waals surface area contributed by atoms with Crippen LogP contribution in [-0.2, 0) is 6.54 Å². The highest BCUT2D eigenvalue weighted by atomic mass is 16.5. The minimum absolute atomic E-state index is 0.226. The number of piperidine rings is 1. The first-order valence-corrected chi connectivity index (χ1v) is 10.2. The number of aryl methyl sites for hydroxylation is 1. The van der Waals surface area contributed by atoms with E-state index in [-0.39, 0.29) is 5.75 Å². The van der Waals surface area contributed by atoms with Crippen molar-refractivity contribution in [3.05, 3.63) is 47.7 Å². The maximum absolute atomic E-state index is 10.1. The number of guanidine groups is 1. The van der Waals surface area contributed by atoms with Crippen LogP contribution < -0.4 is 20.3 Å². The lowest BCUT2D eigenvalue weighted by Crippen LogP contribution is -2.48. The summed E-state index contributed by atoms with van der Waals surface area (Å²) in [7, 11) is 1.61. The number of benzene rings is 1. The van der Waals surface area contributed by atoms with Gasteiger partial charge in [0.25, 0.3) is 0 Å². The van der Waals surface area contributed by atoms with Gasteiger partial charge in [0.15, 0.2) is 5.96 Å². The van der Waals surface area contributed by atoms with Crippen LogP contribution in [0.2, 0.25) is 0 Å². The molecule has 0 radical (unpaired) electrons. The number of anilines is 1. The molecule has 1 aliphatic heterocycles. The Morgan fingerprint density at radius 1 is 1.28 bits per heavy atom. The monoisotopic (exact) mass is 397 g/mol. The van der Waals surface area contributed by atoms with Gasteiger partial charge in [-0.1, -0.05) is 6.07 Å². The van der Waals surface area contributed by atoms with Crippen LogP contribution in [0.5, 0.6) is 11.5 Å². The Morgan fingerprint density at radius 3 is 2.76 bits per heavy atom. The summed E-state index contributed by atoms with van der Waals surface area (Å²) in [6.45, 7) is 7.16. The van der Waals surface area contributed by atoms with Gasteiger partial charge in [-0.25, -0.2) is 9.98 Å². The van der Waals surface area contributed by atoms with E-state index in [1.165, 1.54) is 0 Å². The molecule has 0 unspecified atom stereocenters. The fourth-order valence-electron chi connectivity index (χ4n) is 3.45. The molecule has 0 spiro atoms. The number of nitrogens with one attached hydrogen (secondary N) is 2. The van der Waals surface area contributed by atoms with E-state index in [9.17, 15) is 5.11 Å². The van der Waals surface area contributed by atoms with E-state index in [0.717, 1.165) is 55.5 Å². The molecule has 1 fully saturated rings. The number of phenolic OH excluding ortho intramolecular Hbond substituents is 1. The zero-order chi connectivity index (χ0) is 20.6. The molecule has 0 saturated carbocycles. The minimum atomic E-state index is 0.226. The quantitative estimate of drug-likeness (QED) is 0.514. The summed E-state index contributed by atoms with van der Waals surface area (Å²) >= 11 is 0. The van der Waals surface area contributed by atoms with E-state index in [0.29, 0.717) is 18.3 Å². The standard InChI is InChI=1S/C22H31N5O2/c1-4-23-22(24-15-17-14-19(29-3)8-9-20(17)28)26-18-10-12-27(13-11-18)21-7-5-6-16(2)25-21/h5-9,14,18,28H,4,10-13,15H2,1-3H3,(H2,23,24,26). The van der Waals surface area contributed by atoms with Gasteiger partial charge in [0.1, 0.15) is 17.3 Å². The second kappa shape index (κ2) is 10.0. The van der Waals surface area contributed by atoms with Crippen molar-refractivity contribution in [1.82, 2.24) is 15.6 Å². The van der Waals surface area contributed by atoms with Crippen LogP contribution in [0.3, 0.4) is 0 Å². The third kappa shape index (κ3) is 5.76. The lowest BCUT2D eigenvalue weighted by Gasteiger charge is -2.34. The maximum atomic E-state index is 10.1. The van der Waals surface area contributed by atoms with E-state index in [1.54, 1.807) is 19.2 Å². The van der Waals surface area contributed by atoms with Crippen LogP contribution in [0, 0.1) is 6.92 Å². The molecule has 0 bridgehead atoms. The Morgan fingerprint density at radius 2 is 2.07 bits per heavy atom. The number of aliphatic imine (C=N–C) groups is 1. The van der Waals surface area contributed by atoms with E-state index >= 15 is 0 Å². The first-order chi connectivity index (χ1) is 14.1. The number of methoxy groups -OCH3 is 1. The molecule has 1 saturated heterocycles. The summed E-state index contributed by atoms with van der Waals surface area (Å²) in [6.07, 6.45) is 2.04. The number of aromatic nitrogens is 1. The fourth-order valence-corrected chi connectivity index (χ4v) is 3.45. The van der Waals surface area contributed by atoms with Gasteiger partial charge in [-0.2, -0.15) is 0 Å². The summed E-state index contributed by atoms with van der Waals surface area (Å²) in [5, 5.41) is 16.9. The van der Waals surface area contributed by atoms with E-state index < -0.39 is 0 Å². The molecule has 2 aromatic rings. The lowest BCUT2D eigenvalue weighted by atomic mass is 10.1. The molecule has 7 nitrogen and oxygen atoms in total. The summed E-state index contributed by atoms with van der Waals surface area (Å²) in [5.41, 5.74) is 1.78. The highest BCUT2D eigenvalue weighted by Gasteiger charge is 2.21. The summed E-state index contributed by atoms with van der Waals surface area (Å²) in [5.74, 6) is 2.76. The number of hydrogen-bond acceptors (Lipinski definition) is 5. The van der Waals surface area contributed by atoms with Crippen molar-refractivity contribution in [3.63, 3.8) is 0 Å². The van der Waals surface area contributed by atoms with Gasteiger partial charge < -0.3 is 25.4 Å². The smallest absolute Gasteiger partial charge is 0.191 e. The van der Waals surface area contributed by atoms with Crippen molar-refractivity contribution >= 4 is 11.8 Å². The van der Waals surface area contributed by atoms with Gasteiger partial charge in [0, 0.05) is 36.9 Å². The molecule has 156 valence electrons. The fraction of sp³-hybridized carbons (Fsp3) is 0.455. The number of pyridine rings is 1. The Labute approximate surface area is 172 Å². The van der Waals surface area contributed by atoms with E-state index in [4.69, 9.17) is 4.74 Å². The van der Waals surface area contributed by atoms with Crippen molar-refractivity contribution < 1.29 is 9.84 Å². The van der Waals surface area contributed by atoms with Crippen LogP contribution in [0.15, 0.2) is 41.4 Å². The van der Waals surface area contributed by atoms with Crippen molar-refractivity contribution in [3.8, 4) is 11.5 Å². The number of phenols is 1. The Kier molecular flexibility index (Phi) is 7.16. The highest BCUT2D eigenvalue weighted by Crippen LogP contribution is 2.23. The topological polar surface area (TPSA) is 82.0 Å². The van der Waals surface area contributed by atoms with Crippen molar-refractivity contribution in [2.75, 3.05) is 31.6 Å². The second-order valence-electron chi connectivity index (χ2n) is 7.23. The highest BCUT2D eigenvalue weighted by molar-refractivity contribution is 5.80. The third-order valence-electron chi connectivity index (χ3n) is 5.07. The zero-order valence-corrected chi connectivity index (χ0v) is 17.5. The average Bonchev–Trinajstić information content (AvgIpc) is 2.73. The minimum Gasteiger partial charge on any atom is -0.508 e. The third-order valence-corrected chi connectivity index (χ3v) is 5.07. The molecule has 7 heteroatoms. The summed E-state index contributed by atoms with van der Waals surface area (Å²) < 4.78 is 5.24. The molecular formula is C22H31N5O2. The Balaban J connectivity index is 1.59. The first kappa shape index (κ1) is 20.8. The molecular weight excluding hydrogens is 366 g/mol. The van der Waals surface area contributed by atoms with Crippen molar-refractivity contribution in [1.29, 1.82) is 0 Å². The number of ether oxygens (including phenoxy) is 1. The van der Waals surface area contributed by atoms with Gasteiger partial charge in [0.05, 0.1) is 13.7 Å². The van der Waals surface area contributed by atoms with Gasteiger partial charge in [-0.05, 0) is 57.0 Å². The Bertz CT molecular complexity index is 832. The molecule has 1 aromatic carbocycles. The number of rotatable bonds is 6. The zero-order valence-electron chi connectivity index (χ0n) is 17.5. The molecule has 3 rings (SSSR count). The SMILES string of the molecule is CCNC(=NCc1cc(OC)ccc1O)NC1CCN(c2cccc(C)n2)CC1. The molecule has 1 aliphatic rings. The van der Waals surface area contributed by atoms with Crippen LogP contribution in [0.4, 0.5) is 5.82 Å². The predicted molar refractivity (Wildman–Crippen MR) is 117 cm³/mol. The molecule has 2 heterocycles. The Hall–Kier alpha value is -2.96. The normalized spacial score (nSPS) is 15.3. The maximum Gasteiger partial charge on any atom is 0.191 e.